The highest BCUT2D eigenvalue weighted by molar-refractivity contribution is 5.40. The zero-order valence-corrected chi connectivity index (χ0v) is 11.5. The average Bonchev–Trinajstić information content (AvgIpc) is 2.43. The second-order valence-electron chi connectivity index (χ2n) is 4.34. The molecule has 2 aromatic rings. The lowest BCUT2D eigenvalue weighted by Gasteiger charge is -2.08. The molecule has 2 rings (SSSR count). The Kier molecular flexibility index (Phi) is 4.45. The van der Waals surface area contributed by atoms with Gasteiger partial charge >= 0.3 is 0 Å². The minimum absolute atomic E-state index is 0.556. The Morgan fingerprint density at radius 3 is 2.45 bits per heavy atom. The van der Waals surface area contributed by atoms with Gasteiger partial charge in [0.05, 0.1) is 5.56 Å². The number of anilines is 2. The van der Waals surface area contributed by atoms with Crippen LogP contribution < -0.4 is 10.6 Å². The molecular formula is C14H16N6. The van der Waals surface area contributed by atoms with Gasteiger partial charge in [0.2, 0.25) is 0 Å². The summed E-state index contributed by atoms with van der Waals surface area (Å²) in [7, 11) is 0. The van der Waals surface area contributed by atoms with Gasteiger partial charge in [0.1, 0.15) is 23.5 Å². The topological polar surface area (TPSA) is 86.5 Å². The zero-order valence-electron chi connectivity index (χ0n) is 11.5. The monoisotopic (exact) mass is 268 g/mol. The van der Waals surface area contributed by atoms with E-state index < -0.39 is 0 Å². The van der Waals surface area contributed by atoms with Crippen molar-refractivity contribution in [1.29, 1.82) is 5.26 Å². The van der Waals surface area contributed by atoms with E-state index in [-0.39, 0.29) is 0 Å². The highest BCUT2D eigenvalue weighted by atomic mass is 15.1. The normalized spacial score (nSPS) is 9.85. The van der Waals surface area contributed by atoms with Crippen molar-refractivity contribution in [2.24, 2.45) is 0 Å². The van der Waals surface area contributed by atoms with Crippen LogP contribution in [0.5, 0.6) is 0 Å². The van der Waals surface area contributed by atoms with E-state index in [4.69, 9.17) is 5.26 Å². The number of nitrogens with zero attached hydrogens (tertiary/aromatic N) is 4. The van der Waals surface area contributed by atoms with Gasteiger partial charge in [-0.2, -0.15) is 5.26 Å². The quantitative estimate of drug-likeness (QED) is 0.805. The summed E-state index contributed by atoms with van der Waals surface area (Å²) in [6.45, 7) is 5.24. The largest absolute Gasteiger partial charge is 0.368 e. The molecule has 0 saturated heterocycles. The van der Waals surface area contributed by atoms with E-state index in [1.807, 2.05) is 26.0 Å². The van der Waals surface area contributed by atoms with Gasteiger partial charge in [-0.15, -0.1) is 0 Å². The minimum atomic E-state index is 0.556. The highest BCUT2D eigenvalue weighted by Gasteiger charge is 1.98. The summed E-state index contributed by atoms with van der Waals surface area (Å²) >= 11 is 0. The van der Waals surface area contributed by atoms with Crippen molar-refractivity contribution in [3.05, 3.63) is 41.5 Å². The fraction of sp³-hybridized carbons (Fsp3) is 0.286. The lowest BCUT2D eigenvalue weighted by molar-refractivity contribution is 0.983. The first-order valence-corrected chi connectivity index (χ1v) is 6.33. The van der Waals surface area contributed by atoms with Crippen LogP contribution in [0.15, 0.2) is 24.4 Å². The lowest BCUT2D eigenvalue weighted by Crippen LogP contribution is -2.15. The van der Waals surface area contributed by atoms with Crippen LogP contribution in [0.3, 0.4) is 0 Å². The Bertz CT molecular complexity index is 594. The summed E-state index contributed by atoms with van der Waals surface area (Å²) < 4.78 is 0. The van der Waals surface area contributed by atoms with Gasteiger partial charge in [-0.1, -0.05) is 0 Å². The van der Waals surface area contributed by atoms with E-state index in [0.29, 0.717) is 12.1 Å². The molecule has 20 heavy (non-hydrogen) atoms. The maximum atomic E-state index is 8.68. The van der Waals surface area contributed by atoms with Gasteiger partial charge in [0, 0.05) is 31.0 Å². The maximum absolute atomic E-state index is 8.68. The van der Waals surface area contributed by atoms with E-state index in [9.17, 15) is 0 Å². The Balaban J connectivity index is 1.79. The molecule has 2 N–H and O–H groups in total. The van der Waals surface area contributed by atoms with Crippen LogP contribution in [-0.4, -0.2) is 28.0 Å². The van der Waals surface area contributed by atoms with Crippen LogP contribution in [-0.2, 0) is 0 Å². The Hall–Kier alpha value is -2.68. The molecule has 0 aliphatic rings. The molecule has 0 radical (unpaired) electrons. The van der Waals surface area contributed by atoms with E-state index in [1.165, 1.54) is 0 Å². The first-order chi connectivity index (χ1) is 9.67. The van der Waals surface area contributed by atoms with Gasteiger partial charge < -0.3 is 10.6 Å². The molecule has 0 aromatic carbocycles. The van der Waals surface area contributed by atoms with E-state index in [2.05, 4.69) is 25.6 Å². The Labute approximate surface area is 117 Å². The summed E-state index contributed by atoms with van der Waals surface area (Å²) in [5, 5.41) is 15.1. The highest BCUT2D eigenvalue weighted by Crippen LogP contribution is 2.06. The molecular weight excluding hydrogens is 252 g/mol. The number of nitrogens with one attached hydrogen (secondary N) is 2. The molecule has 0 saturated carbocycles. The molecule has 0 unspecified atom stereocenters. The van der Waals surface area contributed by atoms with Gasteiger partial charge in [-0.3, -0.25) is 0 Å². The van der Waals surface area contributed by atoms with Crippen molar-refractivity contribution in [3.8, 4) is 6.07 Å². The van der Waals surface area contributed by atoms with E-state index in [1.54, 1.807) is 18.3 Å². The first kappa shape index (κ1) is 13.7. The van der Waals surface area contributed by atoms with Gasteiger partial charge in [0.15, 0.2) is 0 Å². The minimum Gasteiger partial charge on any atom is -0.368 e. The number of aromatic nitrogens is 3. The second-order valence-corrected chi connectivity index (χ2v) is 4.34. The van der Waals surface area contributed by atoms with Crippen LogP contribution in [0.4, 0.5) is 11.6 Å². The first-order valence-electron chi connectivity index (χ1n) is 6.33. The summed E-state index contributed by atoms with van der Waals surface area (Å²) in [4.78, 5) is 12.7. The molecule has 0 aliphatic carbocycles. The van der Waals surface area contributed by atoms with Crippen LogP contribution in [0.2, 0.25) is 0 Å². The third kappa shape index (κ3) is 3.92. The molecule has 2 heterocycles. The van der Waals surface area contributed by atoms with Crippen molar-refractivity contribution in [2.75, 3.05) is 23.7 Å². The van der Waals surface area contributed by atoms with Gasteiger partial charge in [-0.05, 0) is 26.0 Å². The SMILES string of the molecule is Cc1cc(NCCNc2ccc(C#N)cn2)nc(C)n1. The smallest absolute Gasteiger partial charge is 0.129 e. The molecule has 0 fully saturated rings. The number of pyridine rings is 1. The standard InChI is InChI=1S/C14H16N6/c1-10-7-14(20-11(2)19-10)17-6-5-16-13-4-3-12(8-15)9-18-13/h3-4,7,9H,5-6H2,1-2H3,(H,16,18)(H,17,19,20). The molecule has 102 valence electrons. The molecule has 6 heteroatoms. The number of nitriles is 1. The van der Waals surface area contributed by atoms with Crippen molar-refractivity contribution < 1.29 is 0 Å². The Morgan fingerprint density at radius 2 is 1.85 bits per heavy atom. The predicted octanol–water partition coefficient (Wildman–Crippen LogP) is 1.88. The number of rotatable bonds is 5. The summed E-state index contributed by atoms with van der Waals surface area (Å²) in [5.74, 6) is 2.33. The summed E-state index contributed by atoms with van der Waals surface area (Å²) in [6.07, 6.45) is 1.55. The number of aryl methyl sites for hydroxylation is 2. The summed E-state index contributed by atoms with van der Waals surface area (Å²) in [6, 6.07) is 7.47. The van der Waals surface area contributed by atoms with Crippen molar-refractivity contribution in [1.82, 2.24) is 15.0 Å². The third-order valence-electron chi connectivity index (χ3n) is 2.60. The molecule has 2 aromatic heterocycles. The van der Waals surface area contributed by atoms with Gasteiger partial charge in [-0.25, -0.2) is 15.0 Å². The van der Waals surface area contributed by atoms with Crippen molar-refractivity contribution >= 4 is 11.6 Å². The van der Waals surface area contributed by atoms with Crippen molar-refractivity contribution in [2.45, 2.75) is 13.8 Å². The predicted molar refractivity (Wildman–Crippen MR) is 77.4 cm³/mol. The van der Waals surface area contributed by atoms with Gasteiger partial charge in [0.25, 0.3) is 0 Å². The Morgan fingerprint density at radius 1 is 1.10 bits per heavy atom. The zero-order chi connectivity index (χ0) is 14.4. The van der Waals surface area contributed by atoms with Crippen LogP contribution in [0.25, 0.3) is 0 Å². The lowest BCUT2D eigenvalue weighted by atomic mass is 10.3. The molecule has 0 bridgehead atoms. The maximum Gasteiger partial charge on any atom is 0.129 e. The van der Waals surface area contributed by atoms with E-state index in [0.717, 1.165) is 29.7 Å². The van der Waals surface area contributed by atoms with Crippen molar-refractivity contribution in [3.63, 3.8) is 0 Å². The van der Waals surface area contributed by atoms with Crippen LogP contribution in [0.1, 0.15) is 17.1 Å². The fourth-order valence-electron chi connectivity index (χ4n) is 1.75. The second kappa shape index (κ2) is 6.48. The van der Waals surface area contributed by atoms with Crippen LogP contribution in [0, 0.1) is 25.2 Å². The molecule has 6 nitrogen and oxygen atoms in total. The number of hydrogen-bond acceptors (Lipinski definition) is 6. The fourth-order valence-corrected chi connectivity index (χ4v) is 1.75. The molecule has 0 amide bonds. The third-order valence-corrected chi connectivity index (χ3v) is 2.60. The summed E-state index contributed by atoms with van der Waals surface area (Å²) in [5.41, 5.74) is 1.50. The average molecular weight is 268 g/mol. The molecule has 0 spiro atoms. The van der Waals surface area contributed by atoms with Crippen LogP contribution >= 0.6 is 0 Å². The number of hydrogen-bond donors (Lipinski definition) is 2. The molecule has 0 aliphatic heterocycles. The molecule has 0 atom stereocenters. The van der Waals surface area contributed by atoms with E-state index >= 15 is 0 Å².